The van der Waals surface area contributed by atoms with Gasteiger partial charge in [-0.25, -0.2) is 0 Å². The third-order valence-electron chi connectivity index (χ3n) is 6.41. The molecule has 3 aliphatic rings. The van der Waals surface area contributed by atoms with Crippen LogP contribution >= 0.6 is 34.8 Å². The van der Waals surface area contributed by atoms with Crippen molar-refractivity contribution >= 4 is 52.8 Å². The van der Waals surface area contributed by atoms with Crippen molar-refractivity contribution in [2.75, 3.05) is 7.11 Å². The van der Waals surface area contributed by atoms with Gasteiger partial charge in [0.25, 0.3) is 11.8 Å². The Labute approximate surface area is 205 Å². The van der Waals surface area contributed by atoms with Gasteiger partial charge in [-0.05, 0) is 48.1 Å². The van der Waals surface area contributed by atoms with Crippen molar-refractivity contribution in [2.45, 2.75) is 13.0 Å². The average molecular weight is 506 g/mol. The molecule has 2 aliphatic carbocycles. The number of nitrogens with zero attached hydrogens (tertiary/aromatic N) is 2. The summed E-state index contributed by atoms with van der Waals surface area (Å²) < 4.78 is 11.3. The Hall–Kier alpha value is -2.54. The fraction of sp³-hybridized carbons (Fsp3) is 0.292. The van der Waals surface area contributed by atoms with E-state index in [0.717, 1.165) is 17.0 Å². The largest absolute Gasteiger partial charge is 0.493 e. The molecule has 2 fully saturated rings. The third kappa shape index (κ3) is 3.90. The Balaban J connectivity index is 1.33. The lowest BCUT2D eigenvalue weighted by molar-refractivity contribution is -0.140. The first kappa shape index (κ1) is 22.3. The number of halogens is 3. The van der Waals surface area contributed by atoms with E-state index in [1.807, 2.05) is 12.2 Å². The maximum Gasteiger partial charge on any atom is 0.254 e. The number of hydrogen-bond acceptors (Lipinski definition) is 5. The molecule has 1 saturated carbocycles. The quantitative estimate of drug-likeness (QED) is 0.300. The molecule has 33 heavy (non-hydrogen) atoms. The van der Waals surface area contributed by atoms with E-state index >= 15 is 0 Å². The summed E-state index contributed by atoms with van der Waals surface area (Å²) in [7, 11) is 1.49. The van der Waals surface area contributed by atoms with Crippen molar-refractivity contribution in [1.82, 2.24) is 5.01 Å². The summed E-state index contributed by atoms with van der Waals surface area (Å²) >= 11 is 18.6. The van der Waals surface area contributed by atoms with Gasteiger partial charge in [-0.1, -0.05) is 53.0 Å². The second kappa shape index (κ2) is 8.67. The molecular formula is C24H19Cl3N2O4. The lowest BCUT2D eigenvalue weighted by Gasteiger charge is -2.14. The summed E-state index contributed by atoms with van der Waals surface area (Å²) in [5.74, 6) is -0.0722. The predicted octanol–water partition coefficient (Wildman–Crippen LogP) is 5.38. The number of ether oxygens (including phenoxy) is 2. The Bertz CT molecular complexity index is 1180. The van der Waals surface area contributed by atoms with Crippen LogP contribution in [0.4, 0.5) is 0 Å². The van der Waals surface area contributed by atoms with Crippen LogP contribution in [-0.2, 0) is 16.2 Å². The van der Waals surface area contributed by atoms with Gasteiger partial charge in [0, 0.05) is 15.6 Å². The number of hydrogen-bond donors (Lipinski definition) is 0. The van der Waals surface area contributed by atoms with E-state index < -0.39 is 0 Å². The second-order valence-electron chi connectivity index (χ2n) is 8.29. The Morgan fingerprint density at radius 3 is 2.36 bits per heavy atom. The Morgan fingerprint density at radius 1 is 1.03 bits per heavy atom. The zero-order chi connectivity index (χ0) is 23.3. The van der Waals surface area contributed by atoms with E-state index in [4.69, 9.17) is 44.3 Å². The smallest absolute Gasteiger partial charge is 0.254 e. The van der Waals surface area contributed by atoms with Gasteiger partial charge in [0.05, 0.1) is 30.2 Å². The minimum absolute atomic E-state index is 0.136. The van der Waals surface area contributed by atoms with Gasteiger partial charge in [0.2, 0.25) is 0 Å². The van der Waals surface area contributed by atoms with Crippen LogP contribution in [0.15, 0.2) is 47.6 Å². The highest BCUT2D eigenvalue weighted by atomic mass is 35.5. The first-order valence-corrected chi connectivity index (χ1v) is 11.5. The molecular weight excluding hydrogens is 487 g/mol. The van der Waals surface area contributed by atoms with Crippen LogP contribution in [0.5, 0.6) is 11.5 Å². The van der Waals surface area contributed by atoms with Crippen molar-refractivity contribution in [3.63, 3.8) is 0 Å². The number of carbonyl (C=O) groups excluding carboxylic acids is 2. The van der Waals surface area contributed by atoms with E-state index in [0.29, 0.717) is 32.1 Å². The number of fused-ring (bicyclic) bond motifs is 5. The Kier molecular flexibility index (Phi) is 5.85. The first-order valence-electron chi connectivity index (χ1n) is 10.4. The molecule has 0 radical (unpaired) electrons. The molecule has 4 atom stereocenters. The van der Waals surface area contributed by atoms with Crippen LogP contribution in [0, 0.1) is 23.7 Å². The topological polar surface area (TPSA) is 68.2 Å². The number of carbonyl (C=O) groups is 2. The van der Waals surface area contributed by atoms with Crippen LogP contribution < -0.4 is 9.47 Å². The van der Waals surface area contributed by atoms with Gasteiger partial charge in [-0.3, -0.25) is 9.59 Å². The molecule has 1 aliphatic heterocycles. The van der Waals surface area contributed by atoms with Gasteiger partial charge >= 0.3 is 0 Å². The molecule has 6 nitrogen and oxygen atoms in total. The van der Waals surface area contributed by atoms with E-state index in [-0.39, 0.29) is 42.1 Å². The third-order valence-corrected chi connectivity index (χ3v) is 7.28. The highest BCUT2D eigenvalue weighted by Crippen LogP contribution is 2.52. The number of hydrazone groups is 1. The molecule has 1 heterocycles. The standard InChI is InChI=1S/C24H19Cl3N2O4/c1-32-19-7-12(6-18(27)22(19)33-11-15-4-5-16(25)9-17(15)26)10-28-29-23(30)20-13-2-3-14(8-13)21(20)24(29)31/h2-7,9-10,13-14,20-21H,8,11H2,1H3/t13-,14-,20-,21+/m0/s1. The summed E-state index contributed by atoms with van der Waals surface area (Å²) in [6.07, 6.45) is 6.40. The van der Waals surface area contributed by atoms with Crippen molar-refractivity contribution in [3.05, 3.63) is 68.7 Å². The number of rotatable bonds is 6. The number of methoxy groups -OCH3 is 1. The first-order chi connectivity index (χ1) is 15.9. The summed E-state index contributed by atoms with van der Waals surface area (Å²) in [5.41, 5.74) is 1.30. The highest BCUT2D eigenvalue weighted by Gasteiger charge is 2.59. The summed E-state index contributed by atoms with van der Waals surface area (Å²) in [6.45, 7) is 0.162. The SMILES string of the molecule is COc1cc(C=NN2C(=O)[C@@H]3[C@H](C2=O)[C@H]2C=C[C@H]3C2)cc(Cl)c1OCc1ccc(Cl)cc1Cl. The molecule has 9 heteroatoms. The Morgan fingerprint density at radius 2 is 1.73 bits per heavy atom. The van der Waals surface area contributed by atoms with E-state index in [2.05, 4.69) is 5.10 Å². The normalized spacial score (nSPS) is 25.4. The summed E-state index contributed by atoms with van der Waals surface area (Å²) in [6, 6.07) is 8.43. The molecule has 2 aromatic carbocycles. The van der Waals surface area contributed by atoms with Gasteiger partial charge in [0.15, 0.2) is 11.5 Å². The molecule has 2 aromatic rings. The summed E-state index contributed by atoms with van der Waals surface area (Å²) in [5, 5.41) is 6.49. The van der Waals surface area contributed by atoms with E-state index in [1.54, 1.807) is 30.3 Å². The average Bonchev–Trinajstić information content (AvgIpc) is 3.46. The van der Waals surface area contributed by atoms with E-state index in [1.165, 1.54) is 13.3 Å². The molecule has 0 unspecified atom stereocenters. The van der Waals surface area contributed by atoms with Crippen molar-refractivity contribution in [3.8, 4) is 11.5 Å². The molecule has 0 aromatic heterocycles. The van der Waals surface area contributed by atoms with Crippen molar-refractivity contribution in [2.24, 2.45) is 28.8 Å². The predicted molar refractivity (Wildman–Crippen MR) is 126 cm³/mol. The van der Waals surface area contributed by atoms with Gasteiger partial charge in [0.1, 0.15) is 6.61 Å². The molecule has 5 rings (SSSR count). The minimum atomic E-state index is -0.293. The van der Waals surface area contributed by atoms with Crippen molar-refractivity contribution in [1.29, 1.82) is 0 Å². The van der Waals surface area contributed by atoms with Crippen LogP contribution in [0.1, 0.15) is 17.5 Å². The minimum Gasteiger partial charge on any atom is -0.493 e. The van der Waals surface area contributed by atoms with Crippen LogP contribution in [0.3, 0.4) is 0 Å². The van der Waals surface area contributed by atoms with Gasteiger partial charge in [-0.2, -0.15) is 10.1 Å². The van der Waals surface area contributed by atoms with Crippen LogP contribution in [-0.4, -0.2) is 30.1 Å². The van der Waals surface area contributed by atoms with Crippen LogP contribution in [0.25, 0.3) is 0 Å². The lowest BCUT2D eigenvalue weighted by atomic mass is 9.85. The molecule has 2 amide bonds. The zero-order valence-electron chi connectivity index (χ0n) is 17.5. The van der Waals surface area contributed by atoms with Gasteiger partial charge < -0.3 is 9.47 Å². The lowest BCUT2D eigenvalue weighted by Crippen LogP contribution is -2.28. The maximum atomic E-state index is 12.8. The number of amides is 2. The van der Waals surface area contributed by atoms with Crippen LogP contribution in [0.2, 0.25) is 15.1 Å². The van der Waals surface area contributed by atoms with Gasteiger partial charge in [-0.15, -0.1) is 0 Å². The number of imide groups is 1. The number of allylic oxidation sites excluding steroid dienone is 2. The molecule has 1 saturated heterocycles. The maximum absolute atomic E-state index is 12.8. The fourth-order valence-electron chi connectivity index (χ4n) is 4.87. The van der Waals surface area contributed by atoms with E-state index in [9.17, 15) is 9.59 Å². The number of benzene rings is 2. The summed E-state index contributed by atoms with van der Waals surface area (Å²) in [4.78, 5) is 25.6. The van der Waals surface area contributed by atoms with Crippen molar-refractivity contribution < 1.29 is 19.1 Å². The second-order valence-corrected chi connectivity index (χ2v) is 9.54. The zero-order valence-corrected chi connectivity index (χ0v) is 19.8. The fourth-order valence-corrected chi connectivity index (χ4v) is 5.60. The molecule has 0 spiro atoms. The molecule has 2 bridgehead atoms. The highest BCUT2D eigenvalue weighted by molar-refractivity contribution is 6.35. The molecule has 0 N–H and O–H groups in total. The molecule has 170 valence electrons. The monoisotopic (exact) mass is 504 g/mol.